The molecule has 2 aromatic carbocycles. The molecule has 5 heteroatoms. The lowest BCUT2D eigenvalue weighted by Gasteiger charge is -2.23. The maximum Gasteiger partial charge on any atom is 0.323 e. The van der Waals surface area contributed by atoms with E-state index in [2.05, 4.69) is 0 Å². The first-order chi connectivity index (χ1) is 10.6. The number of carbonyl (C=O) groups excluding carboxylic acids is 1. The molecule has 22 heavy (non-hydrogen) atoms. The van der Waals surface area contributed by atoms with Gasteiger partial charge in [-0.25, -0.2) is 0 Å². The van der Waals surface area contributed by atoms with E-state index in [4.69, 9.17) is 9.84 Å². The number of aliphatic carboxylic acids is 1. The molecule has 0 bridgehead atoms. The standard InChI is InChI=1S/C17H17NO4/c1-13(19)22-16-10-6-5-7-14(16)11-18(12-17(20)21)15-8-3-2-4-9-15/h2-10H,11-12H2,1H3,(H,20,21). The van der Waals surface area contributed by atoms with Crippen molar-refractivity contribution in [2.45, 2.75) is 13.5 Å². The lowest BCUT2D eigenvalue weighted by molar-refractivity contribution is -0.135. The first-order valence-electron chi connectivity index (χ1n) is 6.84. The number of benzene rings is 2. The first kappa shape index (κ1) is 15.6. The van der Waals surface area contributed by atoms with Crippen LogP contribution in [0.4, 0.5) is 5.69 Å². The molecule has 0 saturated carbocycles. The zero-order valence-corrected chi connectivity index (χ0v) is 12.2. The van der Waals surface area contributed by atoms with Crippen LogP contribution in [0.25, 0.3) is 0 Å². The average molecular weight is 299 g/mol. The number of anilines is 1. The summed E-state index contributed by atoms with van der Waals surface area (Å²) in [7, 11) is 0. The number of esters is 1. The summed E-state index contributed by atoms with van der Waals surface area (Å²) in [5.74, 6) is -0.882. The molecule has 0 aromatic heterocycles. The highest BCUT2D eigenvalue weighted by atomic mass is 16.5. The van der Waals surface area contributed by atoms with Gasteiger partial charge >= 0.3 is 11.9 Å². The molecule has 2 rings (SSSR count). The van der Waals surface area contributed by atoms with Gasteiger partial charge in [-0.1, -0.05) is 36.4 Å². The number of nitrogens with zero attached hydrogens (tertiary/aromatic N) is 1. The Bertz CT molecular complexity index is 655. The molecule has 0 fully saturated rings. The predicted octanol–water partition coefficient (Wildman–Crippen LogP) is 2.70. The Balaban J connectivity index is 2.27. The third-order valence-electron chi connectivity index (χ3n) is 3.03. The number of para-hydroxylation sites is 2. The van der Waals surface area contributed by atoms with Crippen LogP contribution in [-0.2, 0) is 16.1 Å². The van der Waals surface area contributed by atoms with Gasteiger partial charge < -0.3 is 14.7 Å². The molecule has 0 saturated heterocycles. The van der Waals surface area contributed by atoms with Gasteiger partial charge in [0.1, 0.15) is 12.3 Å². The van der Waals surface area contributed by atoms with Crippen LogP contribution >= 0.6 is 0 Å². The number of hydrogen-bond acceptors (Lipinski definition) is 4. The summed E-state index contributed by atoms with van der Waals surface area (Å²) in [5.41, 5.74) is 1.55. The average Bonchev–Trinajstić information content (AvgIpc) is 2.48. The van der Waals surface area contributed by atoms with Gasteiger partial charge in [0.2, 0.25) is 0 Å². The number of rotatable bonds is 6. The van der Waals surface area contributed by atoms with Crippen molar-refractivity contribution in [3.8, 4) is 5.75 Å². The topological polar surface area (TPSA) is 66.8 Å². The van der Waals surface area contributed by atoms with Crippen molar-refractivity contribution < 1.29 is 19.4 Å². The molecule has 2 aromatic rings. The van der Waals surface area contributed by atoms with Gasteiger partial charge in [0.15, 0.2) is 0 Å². The summed E-state index contributed by atoms with van der Waals surface area (Å²) in [6.45, 7) is 1.53. The van der Waals surface area contributed by atoms with Crippen LogP contribution in [0.3, 0.4) is 0 Å². The number of carboxylic acid groups (broad SMARTS) is 1. The van der Waals surface area contributed by atoms with Crippen molar-refractivity contribution in [1.29, 1.82) is 0 Å². The zero-order valence-electron chi connectivity index (χ0n) is 12.2. The molecule has 0 spiro atoms. The molecule has 0 aliphatic carbocycles. The number of ether oxygens (including phenoxy) is 1. The Morgan fingerprint density at radius 3 is 2.32 bits per heavy atom. The lowest BCUT2D eigenvalue weighted by Crippen LogP contribution is -2.29. The maximum absolute atomic E-state index is 11.2. The van der Waals surface area contributed by atoms with Crippen molar-refractivity contribution in [2.75, 3.05) is 11.4 Å². The minimum absolute atomic E-state index is 0.140. The van der Waals surface area contributed by atoms with Crippen LogP contribution in [0.1, 0.15) is 12.5 Å². The highest BCUT2D eigenvalue weighted by Gasteiger charge is 2.14. The van der Waals surface area contributed by atoms with Crippen LogP contribution in [0.2, 0.25) is 0 Å². The summed E-state index contributed by atoms with van der Waals surface area (Å²) in [5, 5.41) is 9.11. The molecule has 0 aliphatic rings. The molecule has 5 nitrogen and oxygen atoms in total. The molecule has 114 valence electrons. The SMILES string of the molecule is CC(=O)Oc1ccccc1CN(CC(=O)O)c1ccccc1. The van der Waals surface area contributed by atoms with E-state index < -0.39 is 11.9 Å². The molecule has 0 atom stereocenters. The van der Waals surface area contributed by atoms with Gasteiger partial charge in [-0.15, -0.1) is 0 Å². The van der Waals surface area contributed by atoms with Gasteiger partial charge in [0, 0.05) is 24.7 Å². The normalized spacial score (nSPS) is 10.0. The van der Waals surface area contributed by atoms with Gasteiger partial charge in [0.05, 0.1) is 0 Å². The monoisotopic (exact) mass is 299 g/mol. The molecule has 0 radical (unpaired) electrons. The smallest absolute Gasteiger partial charge is 0.323 e. The van der Waals surface area contributed by atoms with E-state index in [-0.39, 0.29) is 6.54 Å². The summed E-state index contributed by atoms with van der Waals surface area (Å²) < 4.78 is 5.17. The maximum atomic E-state index is 11.2. The van der Waals surface area contributed by atoms with E-state index in [0.717, 1.165) is 11.3 Å². The Morgan fingerprint density at radius 1 is 1.05 bits per heavy atom. The largest absolute Gasteiger partial charge is 0.480 e. The van der Waals surface area contributed by atoms with E-state index in [1.807, 2.05) is 42.5 Å². The minimum atomic E-state index is -0.922. The second-order valence-electron chi connectivity index (χ2n) is 4.79. The van der Waals surface area contributed by atoms with Crippen molar-refractivity contribution in [3.05, 3.63) is 60.2 Å². The van der Waals surface area contributed by atoms with E-state index in [1.54, 1.807) is 17.0 Å². The van der Waals surface area contributed by atoms with Gasteiger partial charge in [-0.05, 0) is 18.2 Å². The number of hydrogen-bond donors (Lipinski definition) is 1. The highest BCUT2D eigenvalue weighted by molar-refractivity contribution is 5.74. The quantitative estimate of drug-likeness (QED) is 0.656. The van der Waals surface area contributed by atoms with Crippen molar-refractivity contribution >= 4 is 17.6 Å². The molecule has 0 aliphatic heterocycles. The highest BCUT2D eigenvalue weighted by Crippen LogP contribution is 2.23. The fourth-order valence-electron chi connectivity index (χ4n) is 2.14. The van der Waals surface area contributed by atoms with Crippen molar-refractivity contribution in [2.24, 2.45) is 0 Å². The second kappa shape index (κ2) is 7.26. The Morgan fingerprint density at radius 2 is 1.68 bits per heavy atom. The first-order valence-corrected chi connectivity index (χ1v) is 6.84. The number of carboxylic acids is 1. The molecule has 0 unspecified atom stereocenters. The van der Waals surface area contributed by atoms with Gasteiger partial charge in [-0.2, -0.15) is 0 Å². The molecule has 1 N–H and O–H groups in total. The van der Waals surface area contributed by atoms with Crippen LogP contribution in [-0.4, -0.2) is 23.6 Å². The molecular formula is C17H17NO4. The second-order valence-corrected chi connectivity index (χ2v) is 4.79. The zero-order chi connectivity index (χ0) is 15.9. The molecular weight excluding hydrogens is 282 g/mol. The van der Waals surface area contributed by atoms with Crippen LogP contribution in [0.5, 0.6) is 5.75 Å². The molecule has 0 amide bonds. The fourth-order valence-corrected chi connectivity index (χ4v) is 2.14. The third kappa shape index (κ3) is 4.34. The van der Waals surface area contributed by atoms with Crippen molar-refractivity contribution in [1.82, 2.24) is 0 Å². The summed E-state index contributed by atoms with van der Waals surface area (Å²) in [6.07, 6.45) is 0. The lowest BCUT2D eigenvalue weighted by atomic mass is 10.1. The van der Waals surface area contributed by atoms with Gasteiger partial charge in [0.25, 0.3) is 0 Å². The van der Waals surface area contributed by atoms with Crippen molar-refractivity contribution in [3.63, 3.8) is 0 Å². The molecule has 0 heterocycles. The van der Waals surface area contributed by atoms with Crippen LogP contribution in [0, 0.1) is 0 Å². The van der Waals surface area contributed by atoms with Gasteiger partial charge in [-0.3, -0.25) is 9.59 Å². The number of carbonyl (C=O) groups is 2. The van der Waals surface area contributed by atoms with E-state index in [1.165, 1.54) is 6.92 Å². The Hall–Kier alpha value is -2.82. The van der Waals surface area contributed by atoms with Crippen LogP contribution < -0.4 is 9.64 Å². The Labute approximate surface area is 128 Å². The Kier molecular flexibility index (Phi) is 5.14. The summed E-state index contributed by atoms with van der Waals surface area (Å²) in [6, 6.07) is 16.4. The van der Waals surface area contributed by atoms with E-state index in [9.17, 15) is 9.59 Å². The fraction of sp³-hybridized carbons (Fsp3) is 0.176. The van der Waals surface area contributed by atoms with Crippen LogP contribution in [0.15, 0.2) is 54.6 Å². The third-order valence-corrected chi connectivity index (χ3v) is 3.03. The predicted molar refractivity (Wildman–Crippen MR) is 82.9 cm³/mol. The summed E-state index contributed by atoms with van der Waals surface area (Å²) >= 11 is 0. The van der Waals surface area contributed by atoms with E-state index in [0.29, 0.717) is 12.3 Å². The van der Waals surface area contributed by atoms with E-state index >= 15 is 0 Å². The minimum Gasteiger partial charge on any atom is -0.480 e. The summed E-state index contributed by atoms with van der Waals surface area (Å²) in [4.78, 5) is 24.0.